The van der Waals surface area contributed by atoms with E-state index in [4.69, 9.17) is 9.47 Å². The molecule has 5 heteroatoms. The Morgan fingerprint density at radius 1 is 1.22 bits per heavy atom. The molecule has 1 saturated carbocycles. The fourth-order valence-corrected chi connectivity index (χ4v) is 3.83. The van der Waals surface area contributed by atoms with Crippen LogP contribution in [0.2, 0.25) is 0 Å². The summed E-state index contributed by atoms with van der Waals surface area (Å²) in [7, 11) is 3.65. The summed E-state index contributed by atoms with van der Waals surface area (Å²) in [6.07, 6.45) is 9.80. The number of guanidine groups is 1. The number of nitrogens with zero attached hydrogens (tertiary/aromatic N) is 1. The Morgan fingerprint density at radius 3 is 2.48 bits per heavy atom. The minimum Gasteiger partial charge on any atom is -0.381 e. The Bertz CT molecular complexity index is 359. The van der Waals surface area contributed by atoms with Gasteiger partial charge in [0.15, 0.2) is 5.96 Å². The van der Waals surface area contributed by atoms with Gasteiger partial charge in [-0.05, 0) is 31.6 Å². The Kier molecular flexibility index (Phi) is 7.63. The van der Waals surface area contributed by atoms with Crippen LogP contribution in [0.4, 0.5) is 0 Å². The number of hydrogen-bond donors (Lipinski definition) is 2. The number of aliphatic imine (C=N–C) groups is 1. The van der Waals surface area contributed by atoms with Gasteiger partial charge in [0.25, 0.3) is 0 Å². The molecule has 0 amide bonds. The van der Waals surface area contributed by atoms with E-state index in [0.717, 1.165) is 44.5 Å². The normalized spacial score (nSPS) is 28.4. The lowest BCUT2D eigenvalue weighted by atomic mass is 9.83. The second-order valence-electron chi connectivity index (χ2n) is 7.08. The van der Waals surface area contributed by atoms with Crippen molar-refractivity contribution in [3.05, 3.63) is 0 Å². The first kappa shape index (κ1) is 18.5. The average Bonchev–Trinajstić information content (AvgIpc) is 2.61. The largest absolute Gasteiger partial charge is 0.381 e. The van der Waals surface area contributed by atoms with Crippen molar-refractivity contribution in [2.45, 2.75) is 69.9 Å². The molecule has 0 aromatic carbocycles. The van der Waals surface area contributed by atoms with E-state index < -0.39 is 0 Å². The molecule has 0 bridgehead atoms. The van der Waals surface area contributed by atoms with Gasteiger partial charge in [0.1, 0.15) is 0 Å². The van der Waals surface area contributed by atoms with Crippen molar-refractivity contribution in [2.24, 2.45) is 10.9 Å². The lowest BCUT2D eigenvalue weighted by Gasteiger charge is -2.37. The van der Waals surface area contributed by atoms with E-state index in [1.54, 1.807) is 7.11 Å². The van der Waals surface area contributed by atoms with E-state index in [1.165, 1.54) is 38.5 Å². The van der Waals surface area contributed by atoms with Gasteiger partial charge in [-0.15, -0.1) is 0 Å². The summed E-state index contributed by atoms with van der Waals surface area (Å²) < 4.78 is 11.2. The van der Waals surface area contributed by atoms with Crippen molar-refractivity contribution in [3.8, 4) is 0 Å². The number of methoxy groups -OCH3 is 1. The molecule has 1 aliphatic carbocycles. The molecule has 0 aromatic rings. The molecular formula is C18H35N3O2. The molecule has 1 saturated heterocycles. The molecule has 2 rings (SSSR count). The van der Waals surface area contributed by atoms with Crippen molar-refractivity contribution < 1.29 is 9.47 Å². The highest BCUT2D eigenvalue weighted by atomic mass is 16.5. The third kappa shape index (κ3) is 5.64. The summed E-state index contributed by atoms with van der Waals surface area (Å²) in [5.74, 6) is 1.85. The molecule has 0 atom stereocenters. The third-order valence-electron chi connectivity index (χ3n) is 5.52. The van der Waals surface area contributed by atoms with Gasteiger partial charge in [-0.25, -0.2) is 0 Å². The van der Waals surface area contributed by atoms with Crippen molar-refractivity contribution in [3.63, 3.8) is 0 Å². The maximum Gasteiger partial charge on any atom is 0.191 e. The van der Waals surface area contributed by atoms with E-state index in [-0.39, 0.29) is 5.60 Å². The van der Waals surface area contributed by atoms with Crippen molar-refractivity contribution in [2.75, 3.05) is 33.9 Å². The monoisotopic (exact) mass is 325 g/mol. The fourth-order valence-electron chi connectivity index (χ4n) is 3.83. The van der Waals surface area contributed by atoms with Crippen LogP contribution in [0.15, 0.2) is 4.99 Å². The molecular weight excluding hydrogens is 290 g/mol. The van der Waals surface area contributed by atoms with Crippen LogP contribution >= 0.6 is 0 Å². The maximum absolute atomic E-state index is 5.78. The summed E-state index contributed by atoms with van der Waals surface area (Å²) in [5.41, 5.74) is -0.116. The quantitative estimate of drug-likeness (QED) is 0.582. The molecule has 2 fully saturated rings. The molecule has 2 aliphatic rings. The standard InChI is InChI=1S/C18H35N3O2/c1-4-5-15-6-8-16(9-7-15)21-17(19-2)20-14-18(22-3)10-12-23-13-11-18/h15-16H,4-14H2,1-3H3,(H2,19,20,21). The summed E-state index contributed by atoms with van der Waals surface area (Å²) in [6, 6.07) is 0.558. The molecule has 0 unspecified atom stereocenters. The van der Waals surface area contributed by atoms with Gasteiger partial charge in [-0.2, -0.15) is 0 Å². The highest BCUT2D eigenvalue weighted by Crippen LogP contribution is 2.28. The van der Waals surface area contributed by atoms with E-state index in [2.05, 4.69) is 22.5 Å². The second-order valence-corrected chi connectivity index (χ2v) is 7.08. The maximum atomic E-state index is 5.78. The molecule has 1 aliphatic heterocycles. The van der Waals surface area contributed by atoms with Crippen molar-refractivity contribution >= 4 is 5.96 Å². The van der Waals surface area contributed by atoms with Crippen LogP contribution in [0.1, 0.15) is 58.3 Å². The van der Waals surface area contributed by atoms with Gasteiger partial charge in [0.05, 0.1) is 5.60 Å². The highest BCUT2D eigenvalue weighted by Gasteiger charge is 2.32. The zero-order valence-corrected chi connectivity index (χ0v) is 15.2. The molecule has 2 N–H and O–H groups in total. The van der Waals surface area contributed by atoms with Crippen LogP contribution in [0.3, 0.4) is 0 Å². The summed E-state index contributed by atoms with van der Waals surface area (Å²) in [6.45, 7) is 4.64. The van der Waals surface area contributed by atoms with Crippen LogP contribution in [0, 0.1) is 5.92 Å². The van der Waals surface area contributed by atoms with Gasteiger partial charge in [0.2, 0.25) is 0 Å². The van der Waals surface area contributed by atoms with Crippen LogP contribution < -0.4 is 10.6 Å². The lowest BCUT2D eigenvalue weighted by Crippen LogP contribution is -2.52. The number of hydrogen-bond acceptors (Lipinski definition) is 3. The van der Waals surface area contributed by atoms with Gasteiger partial charge >= 0.3 is 0 Å². The predicted octanol–water partition coefficient (Wildman–Crippen LogP) is 2.71. The van der Waals surface area contributed by atoms with Crippen LogP contribution in [-0.4, -0.2) is 51.5 Å². The Morgan fingerprint density at radius 2 is 1.91 bits per heavy atom. The second kappa shape index (κ2) is 9.48. The average molecular weight is 325 g/mol. The SMILES string of the molecule is CCCC1CCC(NC(=NC)NCC2(OC)CCOCC2)CC1. The predicted molar refractivity (Wildman–Crippen MR) is 94.9 cm³/mol. The number of nitrogens with one attached hydrogen (secondary N) is 2. The summed E-state index contributed by atoms with van der Waals surface area (Å²) >= 11 is 0. The Hall–Kier alpha value is -0.810. The summed E-state index contributed by atoms with van der Waals surface area (Å²) in [5, 5.41) is 7.07. The Balaban J connectivity index is 1.75. The third-order valence-corrected chi connectivity index (χ3v) is 5.52. The minimum atomic E-state index is -0.116. The Labute approximate surface area is 141 Å². The molecule has 1 heterocycles. The first-order valence-electron chi connectivity index (χ1n) is 9.31. The van der Waals surface area contributed by atoms with Gasteiger partial charge in [-0.3, -0.25) is 4.99 Å². The van der Waals surface area contributed by atoms with Gasteiger partial charge < -0.3 is 20.1 Å². The number of ether oxygens (including phenoxy) is 2. The molecule has 23 heavy (non-hydrogen) atoms. The topological polar surface area (TPSA) is 54.9 Å². The molecule has 0 aromatic heterocycles. The van der Waals surface area contributed by atoms with E-state index in [9.17, 15) is 0 Å². The minimum absolute atomic E-state index is 0.116. The zero-order chi connectivity index (χ0) is 16.5. The van der Waals surface area contributed by atoms with Crippen molar-refractivity contribution in [1.82, 2.24) is 10.6 Å². The van der Waals surface area contributed by atoms with Gasteiger partial charge in [-0.1, -0.05) is 19.8 Å². The highest BCUT2D eigenvalue weighted by molar-refractivity contribution is 5.80. The van der Waals surface area contributed by atoms with E-state index in [0.29, 0.717) is 6.04 Å². The molecule has 0 spiro atoms. The first-order valence-corrected chi connectivity index (χ1v) is 9.31. The first-order chi connectivity index (χ1) is 11.2. The number of rotatable bonds is 6. The fraction of sp³-hybridized carbons (Fsp3) is 0.944. The zero-order valence-electron chi connectivity index (χ0n) is 15.2. The molecule has 0 radical (unpaired) electrons. The van der Waals surface area contributed by atoms with E-state index in [1.807, 2.05) is 7.05 Å². The lowest BCUT2D eigenvalue weighted by molar-refractivity contribution is -0.0855. The van der Waals surface area contributed by atoms with Crippen LogP contribution in [0.5, 0.6) is 0 Å². The van der Waals surface area contributed by atoms with E-state index >= 15 is 0 Å². The van der Waals surface area contributed by atoms with Crippen LogP contribution in [0.25, 0.3) is 0 Å². The summed E-state index contributed by atoms with van der Waals surface area (Å²) in [4.78, 5) is 4.39. The molecule has 134 valence electrons. The van der Waals surface area contributed by atoms with Crippen LogP contribution in [-0.2, 0) is 9.47 Å². The van der Waals surface area contributed by atoms with Crippen molar-refractivity contribution in [1.29, 1.82) is 0 Å². The van der Waals surface area contributed by atoms with Gasteiger partial charge in [0, 0.05) is 52.8 Å². The smallest absolute Gasteiger partial charge is 0.191 e. The molecule has 5 nitrogen and oxygen atoms in total.